The molecule has 3 rings (SSSR count). The maximum absolute atomic E-state index is 5.80. The van der Waals surface area contributed by atoms with Crippen LogP contribution >= 0.6 is 0 Å². The topological polar surface area (TPSA) is 50.7 Å². The van der Waals surface area contributed by atoms with E-state index in [-0.39, 0.29) is 6.10 Å². The summed E-state index contributed by atoms with van der Waals surface area (Å²) in [5.41, 5.74) is 0. The molecule has 2 saturated heterocycles. The number of ether oxygens (including phenoxy) is 2. The third-order valence-electron chi connectivity index (χ3n) is 4.20. The van der Waals surface area contributed by atoms with Crippen molar-refractivity contribution in [1.29, 1.82) is 0 Å². The Morgan fingerprint density at radius 3 is 2.77 bits per heavy atom. The fourth-order valence-corrected chi connectivity index (χ4v) is 3.16. The molecule has 0 amide bonds. The zero-order valence-electron chi connectivity index (χ0n) is 13.6. The first-order valence-electron chi connectivity index (χ1n) is 8.25. The van der Waals surface area contributed by atoms with Crippen molar-refractivity contribution < 1.29 is 9.47 Å². The zero-order chi connectivity index (χ0) is 15.4. The van der Waals surface area contributed by atoms with Gasteiger partial charge in [0.05, 0.1) is 19.3 Å². The van der Waals surface area contributed by atoms with E-state index in [1.165, 1.54) is 6.42 Å². The predicted octanol–water partition coefficient (Wildman–Crippen LogP) is 1.42. The SMILES string of the molecule is CC(C)Oc1nccnc1N1CCC(CN2CCOCC2)C1. The smallest absolute Gasteiger partial charge is 0.257 e. The molecule has 0 bridgehead atoms. The molecule has 1 aromatic heterocycles. The van der Waals surface area contributed by atoms with Gasteiger partial charge in [-0.05, 0) is 26.2 Å². The van der Waals surface area contributed by atoms with E-state index in [1.54, 1.807) is 12.4 Å². The molecule has 0 aromatic carbocycles. The molecule has 1 aromatic rings. The first kappa shape index (κ1) is 15.5. The van der Waals surface area contributed by atoms with E-state index in [0.29, 0.717) is 11.8 Å². The van der Waals surface area contributed by atoms with Gasteiger partial charge in [0.25, 0.3) is 5.88 Å². The Bertz CT molecular complexity index is 477. The lowest BCUT2D eigenvalue weighted by Crippen LogP contribution is -2.40. The van der Waals surface area contributed by atoms with E-state index in [9.17, 15) is 0 Å². The lowest BCUT2D eigenvalue weighted by atomic mass is 10.1. The molecule has 2 aliphatic heterocycles. The van der Waals surface area contributed by atoms with Crippen molar-refractivity contribution in [3.63, 3.8) is 0 Å². The predicted molar refractivity (Wildman–Crippen MR) is 85.4 cm³/mol. The van der Waals surface area contributed by atoms with Crippen LogP contribution in [0.4, 0.5) is 5.82 Å². The first-order chi connectivity index (χ1) is 10.7. The molecule has 6 heteroatoms. The highest BCUT2D eigenvalue weighted by molar-refractivity contribution is 5.48. The van der Waals surface area contributed by atoms with E-state index in [1.807, 2.05) is 13.8 Å². The standard InChI is InChI=1S/C16H26N4O2/c1-13(2)22-16-15(17-4-5-18-16)20-6-3-14(12-20)11-19-7-9-21-10-8-19/h4-5,13-14H,3,6-12H2,1-2H3. The monoisotopic (exact) mass is 306 g/mol. The minimum Gasteiger partial charge on any atom is -0.472 e. The fourth-order valence-electron chi connectivity index (χ4n) is 3.16. The van der Waals surface area contributed by atoms with Gasteiger partial charge >= 0.3 is 0 Å². The van der Waals surface area contributed by atoms with Crippen molar-refractivity contribution >= 4 is 5.82 Å². The molecule has 1 unspecified atom stereocenters. The summed E-state index contributed by atoms with van der Waals surface area (Å²) < 4.78 is 11.2. The number of aromatic nitrogens is 2. The lowest BCUT2D eigenvalue weighted by molar-refractivity contribution is 0.0320. The average molecular weight is 306 g/mol. The molecule has 6 nitrogen and oxygen atoms in total. The summed E-state index contributed by atoms with van der Waals surface area (Å²) in [6.45, 7) is 11.1. The third-order valence-corrected chi connectivity index (χ3v) is 4.20. The molecule has 1 atom stereocenters. The summed E-state index contributed by atoms with van der Waals surface area (Å²) in [6, 6.07) is 0. The molecule has 2 fully saturated rings. The van der Waals surface area contributed by atoms with Gasteiger partial charge in [-0.2, -0.15) is 0 Å². The Morgan fingerprint density at radius 2 is 2.00 bits per heavy atom. The van der Waals surface area contributed by atoms with Crippen LogP contribution in [0.15, 0.2) is 12.4 Å². The van der Waals surface area contributed by atoms with E-state index in [0.717, 1.165) is 51.8 Å². The number of hydrogen-bond donors (Lipinski definition) is 0. The second kappa shape index (κ2) is 7.24. The summed E-state index contributed by atoms with van der Waals surface area (Å²) in [6.07, 6.45) is 4.76. The highest BCUT2D eigenvalue weighted by atomic mass is 16.5. The summed E-state index contributed by atoms with van der Waals surface area (Å²) >= 11 is 0. The van der Waals surface area contributed by atoms with Crippen molar-refractivity contribution in [2.75, 3.05) is 50.8 Å². The summed E-state index contributed by atoms with van der Waals surface area (Å²) in [7, 11) is 0. The Morgan fingerprint density at radius 1 is 1.23 bits per heavy atom. The quantitative estimate of drug-likeness (QED) is 0.820. The first-order valence-corrected chi connectivity index (χ1v) is 8.25. The van der Waals surface area contributed by atoms with Crippen LogP contribution in [0.3, 0.4) is 0 Å². The number of nitrogens with zero attached hydrogens (tertiary/aromatic N) is 4. The van der Waals surface area contributed by atoms with Gasteiger partial charge in [-0.15, -0.1) is 0 Å². The minimum atomic E-state index is 0.113. The van der Waals surface area contributed by atoms with Crippen molar-refractivity contribution in [3.8, 4) is 5.88 Å². The Kier molecular flexibility index (Phi) is 5.10. The van der Waals surface area contributed by atoms with Crippen LogP contribution in [0.2, 0.25) is 0 Å². The average Bonchev–Trinajstić information content (AvgIpc) is 2.96. The number of hydrogen-bond acceptors (Lipinski definition) is 6. The Hall–Kier alpha value is -1.40. The Labute approximate surface area is 132 Å². The van der Waals surface area contributed by atoms with Crippen LogP contribution in [-0.4, -0.2) is 66.9 Å². The van der Waals surface area contributed by atoms with Crippen LogP contribution in [0.25, 0.3) is 0 Å². The van der Waals surface area contributed by atoms with Gasteiger partial charge in [-0.25, -0.2) is 9.97 Å². The number of rotatable bonds is 5. The van der Waals surface area contributed by atoms with Gasteiger partial charge in [0.1, 0.15) is 0 Å². The van der Waals surface area contributed by atoms with Gasteiger partial charge in [0.2, 0.25) is 0 Å². The fraction of sp³-hybridized carbons (Fsp3) is 0.750. The molecule has 0 radical (unpaired) electrons. The van der Waals surface area contributed by atoms with Gasteiger partial charge in [-0.1, -0.05) is 0 Å². The van der Waals surface area contributed by atoms with Gasteiger partial charge in [0.15, 0.2) is 5.82 Å². The molecule has 0 aliphatic carbocycles. The van der Waals surface area contributed by atoms with Crippen molar-refractivity contribution in [2.24, 2.45) is 5.92 Å². The van der Waals surface area contributed by atoms with Crippen molar-refractivity contribution in [3.05, 3.63) is 12.4 Å². The Balaban J connectivity index is 1.60. The number of anilines is 1. The molecule has 22 heavy (non-hydrogen) atoms. The molecular formula is C16H26N4O2. The van der Waals surface area contributed by atoms with Gasteiger partial charge in [0, 0.05) is 45.1 Å². The highest BCUT2D eigenvalue weighted by Crippen LogP contribution is 2.29. The second-order valence-corrected chi connectivity index (χ2v) is 6.37. The molecule has 3 heterocycles. The molecule has 0 saturated carbocycles. The molecule has 2 aliphatic rings. The van der Waals surface area contributed by atoms with E-state index >= 15 is 0 Å². The zero-order valence-corrected chi connectivity index (χ0v) is 13.6. The molecule has 0 N–H and O–H groups in total. The van der Waals surface area contributed by atoms with Crippen LogP contribution in [-0.2, 0) is 4.74 Å². The molecule has 0 spiro atoms. The van der Waals surface area contributed by atoms with Crippen LogP contribution in [0, 0.1) is 5.92 Å². The maximum atomic E-state index is 5.80. The minimum absolute atomic E-state index is 0.113. The van der Waals surface area contributed by atoms with Crippen LogP contribution in [0.5, 0.6) is 5.88 Å². The van der Waals surface area contributed by atoms with Gasteiger partial charge in [-0.3, -0.25) is 4.90 Å². The van der Waals surface area contributed by atoms with E-state index in [2.05, 4.69) is 19.8 Å². The van der Waals surface area contributed by atoms with Gasteiger partial charge < -0.3 is 14.4 Å². The van der Waals surface area contributed by atoms with E-state index in [4.69, 9.17) is 9.47 Å². The van der Waals surface area contributed by atoms with E-state index < -0.39 is 0 Å². The number of morpholine rings is 1. The van der Waals surface area contributed by atoms with Crippen molar-refractivity contribution in [1.82, 2.24) is 14.9 Å². The maximum Gasteiger partial charge on any atom is 0.257 e. The normalized spacial score (nSPS) is 23.2. The molecular weight excluding hydrogens is 280 g/mol. The second-order valence-electron chi connectivity index (χ2n) is 6.37. The third kappa shape index (κ3) is 3.87. The van der Waals surface area contributed by atoms with Crippen LogP contribution < -0.4 is 9.64 Å². The largest absolute Gasteiger partial charge is 0.472 e. The van der Waals surface area contributed by atoms with Crippen molar-refractivity contribution in [2.45, 2.75) is 26.4 Å². The highest BCUT2D eigenvalue weighted by Gasteiger charge is 2.28. The molecule has 122 valence electrons. The lowest BCUT2D eigenvalue weighted by Gasteiger charge is -2.29. The van der Waals surface area contributed by atoms with Crippen LogP contribution in [0.1, 0.15) is 20.3 Å². The summed E-state index contributed by atoms with van der Waals surface area (Å²) in [5.74, 6) is 2.23. The summed E-state index contributed by atoms with van der Waals surface area (Å²) in [5, 5.41) is 0. The summed E-state index contributed by atoms with van der Waals surface area (Å²) in [4.78, 5) is 13.7.